The van der Waals surface area contributed by atoms with Gasteiger partial charge in [-0.1, -0.05) is 20.3 Å². The maximum atomic E-state index is 4.93. The normalized spacial score (nSPS) is 23.9. The van der Waals surface area contributed by atoms with Crippen LogP contribution in [-0.4, -0.2) is 24.6 Å². The molecule has 0 bridgehead atoms. The Bertz CT molecular complexity index is 379. The molecule has 1 aliphatic rings. The van der Waals surface area contributed by atoms with Crippen molar-refractivity contribution in [1.29, 1.82) is 0 Å². The number of rotatable bonds is 5. The monoisotopic (exact) mass is 281 g/mol. The van der Waals surface area contributed by atoms with E-state index >= 15 is 0 Å². The van der Waals surface area contributed by atoms with Gasteiger partial charge in [0.15, 0.2) is 5.13 Å². The summed E-state index contributed by atoms with van der Waals surface area (Å²) < 4.78 is 0. The Morgan fingerprint density at radius 2 is 2.16 bits per heavy atom. The van der Waals surface area contributed by atoms with Gasteiger partial charge in [0.25, 0.3) is 0 Å². The van der Waals surface area contributed by atoms with E-state index in [0.29, 0.717) is 6.04 Å². The zero-order valence-electron chi connectivity index (χ0n) is 12.7. The number of aryl methyl sites for hydroxylation is 1. The molecule has 0 spiro atoms. The van der Waals surface area contributed by atoms with Crippen molar-refractivity contribution in [3.05, 3.63) is 10.6 Å². The Kier molecular flexibility index (Phi) is 5.22. The lowest BCUT2D eigenvalue weighted by atomic mass is 9.96. The SMILES string of the molecule is CCCc1nc(N2CC(C)CCC2C)sc1CNC. The number of hydrogen-bond donors (Lipinski definition) is 1. The van der Waals surface area contributed by atoms with E-state index in [4.69, 9.17) is 4.98 Å². The topological polar surface area (TPSA) is 28.2 Å². The van der Waals surface area contributed by atoms with Gasteiger partial charge in [-0.3, -0.25) is 0 Å². The molecule has 0 aromatic carbocycles. The molecule has 0 aliphatic carbocycles. The molecule has 4 heteroatoms. The molecular formula is C15H27N3S. The summed E-state index contributed by atoms with van der Waals surface area (Å²) in [5.41, 5.74) is 1.31. The molecule has 2 heterocycles. The fourth-order valence-corrected chi connectivity index (χ4v) is 4.01. The first-order valence-electron chi connectivity index (χ1n) is 7.55. The van der Waals surface area contributed by atoms with Gasteiger partial charge in [0.05, 0.1) is 5.69 Å². The molecule has 1 aromatic rings. The van der Waals surface area contributed by atoms with Gasteiger partial charge in [0.2, 0.25) is 0 Å². The molecule has 0 saturated carbocycles. The number of hydrogen-bond acceptors (Lipinski definition) is 4. The van der Waals surface area contributed by atoms with Crippen LogP contribution in [0.25, 0.3) is 0 Å². The van der Waals surface area contributed by atoms with Crippen LogP contribution in [0, 0.1) is 5.92 Å². The predicted molar refractivity (Wildman–Crippen MR) is 84.1 cm³/mol. The summed E-state index contributed by atoms with van der Waals surface area (Å²) in [4.78, 5) is 8.88. The molecule has 108 valence electrons. The highest BCUT2D eigenvalue weighted by Gasteiger charge is 2.26. The minimum atomic E-state index is 0.638. The zero-order chi connectivity index (χ0) is 13.8. The van der Waals surface area contributed by atoms with Crippen molar-refractivity contribution < 1.29 is 0 Å². The second-order valence-corrected chi connectivity index (χ2v) is 6.89. The number of aromatic nitrogens is 1. The van der Waals surface area contributed by atoms with Crippen LogP contribution in [0.2, 0.25) is 0 Å². The van der Waals surface area contributed by atoms with E-state index in [2.05, 4.69) is 31.0 Å². The fourth-order valence-electron chi connectivity index (χ4n) is 2.78. The van der Waals surface area contributed by atoms with E-state index in [9.17, 15) is 0 Å². The van der Waals surface area contributed by atoms with Crippen molar-refractivity contribution >= 4 is 16.5 Å². The highest BCUT2D eigenvalue weighted by atomic mass is 32.1. The first-order chi connectivity index (χ1) is 9.15. The summed E-state index contributed by atoms with van der Waals surface area (Å²) in [7, 11) is 2.01. The van der Waals surface area contributed by atoms with Crippen LogP contribution in [0.3, 0.4) is 0 Å². The van der Waals surface area contributed by atoms with E-state index < -0.39 is 0 Å². The maximum absolute atomic E-state index is 4.93. The molecule has 2 atom stereocenters. The Morgan fingerprint density at radius 1 is 1.37 bits per heavy atom. The highest BCUT2D eigenvalue weighted by Crippen LogP contribution is 2.33. The summed E-state index contributed by atoms with van der Waals surface area (Å²) in [6.45, 7) is 9.04. The van der Waals surface area contributed by atoms with Crippen LogP contribution >= 0.6 is 11.3 Å². The molecule has 1 saturated heterocycles. The molecule has 1 N–H and O–H groups in total. The van der Waals surface area contributed by atoms with Crippen molar-refractivity contribution in [3.8, 4) is 0 Å². The summed E-state index contributed by atoms with van der Waals surface area (Å²) in [6.07, 6.45) is 4.93. The van der Waals surface area contributed by atoms with E-state index in [-0.39, 0.29) is 0 Å². The molecular weight excluding hydrogens is 254 g/mol. The van der Waals surface area contributed by atoms with Gasteiger partial charge in [0.1, 0.15) is 0 Å². The number of piperidine rings is 1. The molecule has 1 aliphatic heterocycles. The quantitative estimate of drug-likeness (QED) is 0.896. The molecule has 1 aromatic heterocycles. The lowest BCUT2D eigenvalue weighted by molar-refractivity contribution is 0.390. The Morgan fingerprint density at radius 3 is 2.84 bits per heavy atom. The van der Waals surface area contributed by atoms with Gasteiger partial charge in [-0.05, 0) is 39.2 Å². The highest BCUT2D eigenvalue weighted by molar-refractivity contribution is 7.15. The largest absolute Gasteiger partial charge is 0.345 e. The van der Waals surface area contributed by atoms with Crippen LogP contribution in [0.1, 0.15) is 50.6 Å². The molecule has 1 fully saturated rings. The molecule has 3 nitrogen and oxygen atoms in total. The van der Waals surface area contributed by atoms with Crippen LogP contribution < -0.4 is 10.2 Å². The number of nitrogens with zero attached hydrogens (tertiary/aromatic N) is 2. The molecule has 19 heavy (non-hydrogen) atoms. The second kappa shape index (κ2) is 6.71. The van der Waals surface area contributed by atoms with Crippen molar-refractivity contribution in [2.75, 3.05) is 18.5 Å². The third-order valence-corrected chi connectivity index (χ3v) is 5.09. The van der Waals surface area contributed by atoms with Gasteiger partial charge in [-0.15, -0.1) is 11.3 Å². The Labute approximate surface area is 121 Å². The molecule has 0 amide bonds. The van der Waals surface area contributed by atoms with Crippen LogP contribution in [-0.2, 0) is 13.0 Å². The summed E-state index contributed by atoms with van der Waals surface area (Å²) >= 11 is 1.89. The smallest absolute Gasteiger partial charge is 0.186 e. The van der Waals surface area contributed by atoms with E-state index in [1.54, 1.807) is 0 Å². The van der Waals surface area contributed by atoms with Gasteiger partial charge < -0.3 is 10.2 Å². The van der Waals surface area contributed by atoms with Crippen LogP contribution in [0.15, 0.2) is 0 Å². The maximum Gasteiger partial charge on any atom is 0.186 e. The number of nitrogens with one attached hydrogen (secondary N) is 1. The summed E-state index contributed by atoms with van der Waals surface area (Å²) in [6, 6.07) is 0.638. The van der Waals surface area contributed by atoms with E-state index in [1.165, 1.54) is 41.5 Å². The van der Waals surface area contributed by atoms with Crippen molar-refractivity contribution in [3.63, 3.8) is 0 Å². The third-order valence-electron chi connectivity index (χ3n) is 3.95. The lowest BCUT2D eigenvalue weighted by Crippen LogP contribution is -2.41. The molecule has 2 unspecified atom stereocenters. The number of anilines is 1. The number of thiazole rings is 1. The first-order valence-corrected chi connectivity index (χ1v) is 8.37. The average Bonchev–Trinajstić information content (AvgIpc) is 2.77. The minimum Gasteiger partial charge on any atom is -0.345 e. The first kappa shape index (κ1) is 14.8. The van der Waals surface area contributed by atoms with Crippen LogP contribution in [0.5, 0.6) is 0 Å². The van der Waals surface area contributed by atoms with Crippen molar-refractivity contribution in [2.45, 2.75) is 59.0 Å². The Hall–Kier alpha value is -0.610. The molecule has 2 rings (SSSR count). The van der Waals surface area contributed by atoms with Gasteiger partial charge >= 0.3 is 0 Å². The second-order valence-electron chi connectivity index (χ2n) is 5.83. The summed E-state index contributed by atoms with van der Waals surface area (Å²) in [5.74, 6) is 0.794. The van der Waals surface area contributed by atoms with Crippen molar-refractivity contribution in [2.24, 2.45) is 5.92 Å². The van der Waals surface area contributed by atoms with Crippen LogP contribution in [0.4, 0.5) is 5.13 Å². The van der Waals surface area contributed by atoms with E-state index in [1.807, 2.05) is 18.4 Å². The Balaban J connectivity index is 2.20. The fraction of sp³-hybridized carbons (Fsp3) is 0.800. The average molecular weight is 281 g/mol. The lowest BCUT2D eigenvalue weighted by Gasteiger charge is -2.36. The van der Waals surface area contributed by atoms with Gasteiger partial charge in [-0.2, -0.15) is 0 Å². The zero-order valence-corrected chi connectivity index (χ0v) is 13.5. The molecule has 0 radical (unpaired) electrons. The minimum absolute atomic E-state index is 0.638. The predicted octanol–water partition coefficient (Wildman–Crippen LogP) is 3.44. The summed E-state index contributed by atoms with van der Waals surface area (Å²) in [5, 5.41) is 4.51. The standard InChI is InChI=1S/C15H27N3S/c1-5-6-13-14(9-16-4)19-15(17-13)18-10-11(2)7-8-12(18)3/h11-12,16H,5-10H2,1-4H3. The van der Waals surface area contributed by atoms with Gasteiger partial charge in [-0.25, -0.2) is 4.98 Å². The van der Waals surface area contributed by atoms with Gasteiger partial charge in [0, 0.05) is 24.0 Å². The van der Waals surface area contributed by atoms with E-state index in [0.717, 1.165) is 18.9 Å². The van der Waals surface area contributed by atoms with Crippen molar-refractivity contribution in [1.82, 2.24) is 10.3 Å². The third kappa shape index (κ3) is 3.48.